The van der Waals surface area contributed by atoms with Gasteiger partial charge >= 0.3 is 11.9 Å². The van der Waals surface area contributed by atoms with Gasteiger partial charge in [-0.2, -0.15) is 0 Å². The Hall–Kier alpha value is -3.17. The third-order valence-electron chi connectivity index (χ3n) is 6.91. The van der Waals surface area contributed by atoms with E-state index in [0.29, 0.717) is 12.1 Å². The van der Waals surface area contributed by atoms with Crippen LogP contribution in [0, 0.1) is 5.41 Å². The Labute approximate surface area is 199 Å². The molecule has 0 bridgehead atoms. The number of rotatable bonds is 6. The van der Waals surface area contributed by atoms with E-state index in [4.69, 9.17) is 14.3 Å². The average Bonchev–Trinajstić information content (AvgIpc) is 3.18. The molecule has 2 atom stereocenters. The lowest BCUT2D eigenvalue weighted by Crippen LogP contribution is -2.62. The zero-order valence-corrected chi connectivity index (χ0v) is 20.1. The first-order valence-electron chi connectivity index (χ1n) is 10.8. The van der Waals surface area contributed by atoms with Crippen LogP contribution in [0.2, 0.25) is 0 Å². The Morgan fingerprint density at radius 3 is 2.12 bits per heavy atom. The van der Waals surface area contributed by atoms with E-state index in [0.717, 1.165) is 5.56 Å². The maximum absolute atomic E-state index is 14.0. The van der Waals surface area contributed by atoms with Crippen LogP contribution in [-0.4, -0.2) is 50.4 Å². The van der Waals surface area contributed by atoms with E-state index in [1.807, 2.05) is 30.3 Å². The molecule has 0 amide bonds. The molecule has 0 saturated heterocycles. The first kappa shape index (κ1) is 24.0. The lowest BCUT2D eigenvalue weighted by atomic mass is 9.65. The third-order valence-corrected chi connectivity index (χ3v) is 9.22. The molecule has 180 valence electrons. The Kier molecular flexibility index (Phi) is 6.26. The van der Waals surface area contributed by atoms with Gasteiger partial charge in [-0.1, -0.05) is 48.5 Å². The number of methoxy groups -OCH3 is 2. The Morgan fingerprint density at radius 2 is 1.56 bits per heavy atom. The monoisotopic (exact) mass is 485 g/mol. The van der Waals surface area contributed by atoms with Crippen LogP contribution in [0.5, 0.6) is 0 Å². The zero-order chi connectivity index (χ0) is 24.6. The van der Waals surface area contributed by atoms with E-state index in [9.17, 15) is 18.0 Å². The van der Waals surface area contributed by atoms with Crippen LogP contribution in [0.4, 0.5) is 0 Å². The molecule has 34 heavy (non-hydrogen) atoms. The second-order valence-electron chi connectivity index (χ2n) is 8.71. The van der Waals surface area contributed by atoms with Crippen LogP contribution < -0.4 is 0 Å². The molecule has 8 nitrogen and oxygen atoms in total. The fraction of sp³-hybridized carbons (Fsp3) is 0.360. The second kappa shape index (κ2) is 8.88. The smallest absolute Gasteiger partial charge is 0.323 e. The highest BCUT2D eigenvalue weighted by molar-refractivity contribution is 7.92. The standard InChI is InChI=1S/C25H27NO7S/c1-24-19(17-33-26(24)16-18-10-6-4-7-11-18)14-25(22(27)31-2,23(28)32-3)15-21(24)34(29,30)20-12-8-5-9-13-20/h4-13,17,21H,14-16H2,1-3H3/t21-,24-/m0/s1. The predicted molar refractivity (Wildman–Crippen MR) is 123 cm³/mol. The summed E-state index contributed by atoms with van der Waals surface area (Å²) in [5, 5.41) is 0.410. The molecule has 1 aliphatic heterocycles. The molecular formula is C25H27NO7S. The number of sulfone groups is 1. The minimum atomic E-state index is -4.03. The lowest BCUT2D eigenvalue weighted by molar-refractivity contribution is -0.177. The van der Waals surface area contributed by atoms with Gasteiger partial charge in [0.2, 0.25) is 0 Å². The van der Waals surface area contributed by atoms with Gasteiger partial charge in [-0.05, 0) is 36.6 Å². The van der Waals surface area contributed by atoms with Crippen LogP contribution in [-0.2, 0) is 40.3 Å². The number of hydrogen-bond acceptors (Lipinski definition) is 8. The highest BCUT2D eigenvalue weighted by atomic mass is 32.2. The van der Waals surface area contributed by atoms with E-state index in [1.165, 1.54) is 32.6 Å². The SMILES string of the molecule is COC(=O)C1(C(=O)OC)CC2=CON(Cc3ccccc3)[C@]2(C)[C@@H](S(=O)(=O)c2ccccc2)C1. The third kappa shape index (κ3) is 3.69. The van der Waals surface area contributed by atoms with Crippen molar-refractivity contribution in [2.75, 3.05) is 14.2 Å². The van der Waals surface area contributed by atoms with Gasteiger partial charge < -0.3 is 14.3 Å². The molecule has 1 heterocycles. The van der Waals surface area contributed by atoms with Crippen molar-refractivity contribution in [2.45, 2.75) is 42.0 Å². The summed E-state index contributed by atoms with van der Waals surface area (Å²) in [7, 11) is -1.69. The summed E-state index contributed by atoms with van der Waals surface area (Å²) in [6.07, 6.45) is 1.05. The maximum Gasteiger partial charge on any atom is 0.323 e. The summed E-state index contributed by atoms with van der Waals surface area (Å²) in [6.45, 7) is 2.08. The summed E-state index contributed by atoms with van der Waals surface area (Å²) < 4.78 is 38.0. The molecule has 1 aliphatic carbocycles. The molecule has 0 spiro atoms. The number of benzene rings is 2. The van der Waals surface area contributed by atoms with Gasteiger partial charge in [0.1, 0.15) is 6.26 Å². The van der Waals surface area contributed by atoms with Gasteiger partial charge in [0, 0.05) is 6.42 Å². The molecule has 2 aliphatic rings. The fourth-order valence-corrected chi connectivity index (χ4v) is 7.18. The van der Waals surface area contributed by atoms with Crippen LogP contribution >= 0.6 is 0 Å². The molecular weight excluding hydrogens is 458 g/mol. The number of ether oxygens (including phenoxy) is 2. The Balaban J connectivity index is 1.87. The highest BCUT2D eigenvalue weighted by Gasteiger charge is 2.65. The summed E-state index contributed by atoms with van der Waals surface area (Å²) >= 11 is 0. The zero-order valence-electron chi connectivity index (χ0n) is 19.3. The summed E-state index contributed by atoms with van der Waals surface area (Å²) in [5.74, 6) is -1.67. The topological polar surface area (TPSA) is 99.2 Å². The van der Waals surface area contributed by atoms with Gasteiger partial charge in [0.05, 0.1) is 36.4 Å². The van der Waals surface area contributed by atoms with Crippen molar-refractivity contribution >= 4 is 21.8 Å². The van der Waals surface area contributed by atoms with Gasteiger partial charge in [-0.15, -0.1) is 5.06 Å². The van der Waals surface area contributed by atoms with E-state index < -0.39 is 38.0 Å². The van der Waals surface area contributed by atoms with Crippen LogP contribution in [0.3, 0.4) is 0 Å². The van der Waals surface area contributed by atoms with Crippen molar-refractivity contribution < 1.29 is 32.3 Å². The normalized spacial score (nSPS) is 23.9. The molecule has 1 fully saturated rings. The first-order valence-corrected chi connectivity index (χ1v) is 12.4. The molecule has 2 aromatic carbocycles. The molecule has 9 heteroatoms. The quantitative estimate of drug-likeness (QED) is 0.455. The van der Waals surface area contributed by atoms with Gasteiger partial charge in [-0.3, -0.25) is 9.59 Å². The van der Waals surface area contributed by atoms with E-state index in [2.05, 4.69) is 0 Å². The van der Waals surface area contributed by atoms with Crippen molar-refractivity contribution in [3.63, 3.8) is 0 Å². The summed E-state index contributed by atoms with van der Waals surface area (Å²) in [5.41, 5.74) is -1.52. The number of carbonyl (C=O) groups excluding carboxylic acids is 2. The number of hydroxylamine groups is 2. The number of hydrogen-bond donors (Lipinski definition) is 0. The number of esters is 2. The summed E-state index contributed by atoms with van der Waals surface area (Å²) in [6, 6.07) is 17.5. The largest absolute Gasteiger partial charge is 0.468 e. The van der Waals surface area contributed by atoms with Gasteiger partial charge in [0.25, 0.3) is 0 Å². The Bertz CT molecular complexity index is 1190. The first-order chi connectivity index (χ1) is 16.2. The number of nitrogens with zero attached hydrogens (tertiary/aromatic N) is 1. The molecule has 4 rings (SSSR count). The maximum atomic E-state index is 14.0. The molecule has 0 radical (unpaired) electrons. The minimum absolute atomic E-state index is 0.0745. The second-order valence-corrected chi connectivity index (χ2v) is 10.8. The lowest BCUT2D eigenvalue weighted by Gasteiger charge is -2.48. The van der Waals surface area contributed by atoms with Gasteiger partial charge in [-0.25, -0.2) is 8.42 Å². The number of carbonyl (C=O) groups is 2. The summed E-state index contributed by atoms with van der Waals surface area (Å²) in [4.78, 5) is 31.9. The minimum Gasteiger partial charge on any atom is -0.468 e. The van der Waals surface area contributed by atoms with Crippen molar-refractivity contribution in [3.05, 3.63) is 78.1 Å². The molecule has 0 unspecified atom stereocenters. The van der Waals surface area contributed by atoms with Crippen LogP contribution in [0.25, 0.3) is 0 Å². The fourth-order valence-electron chi connectivity index (χ4n) is 4.94. The van der Waals surface area contributed by atoms with Crippen molar-refractivity contribution in [1.82, 2.24) is 5.06 Å². The molecule has 0 N–H and O–H groups in total. The predicted octanol–water partition coefficient (Wildman–Crippen LogP) is 3.05. The van der Waals surface area contributed by atoms with E-state index >= 15 is 0 Å². The van der Waals surface area contributed by atoms with Crippen LogP contribution in [0.1, 0.15) is 25.3 Å². The van der Waals surface area contributed by atoms with Crippen molar-refractivity contribution in [3.8, 4) is 0 Å². The highest BCUT2D eigenvalue weighted by Crippen LogP contribution is 2.54. The van der Waals surface area contributed by atoms with Crippen molar-refractivity contribution in [2.24, 2.45) is 5.41 Å². The van der Waals surface area contributed by atoms with Crippen molar-refractivity contribution in [1.29, 1.82) is 0 Å². The Morgan fingerprint density at radius 1 is 1.00 bits per heavy atom. The van der Waals surface area contributed by atoms with E-state index in [-0.39, 0.29) is 17.7 Å². The number of fused-ring (bicyclic) bond motifs is 1. The van der Waals surface area contributed by atoms with E-state index in [1.54, 1.807) is 30.2 Å². The molecule has 1 saturated carbocycles. The van der Waals surface area contributed by atoms with Gasteiger partial charge in [0.15, 0.2) is 15.3 Å². The average molecular weight is 486 g/mol. The molecule has 0 aromatic heterocycles. The molecule has 2 aromatic rings. The van der Waals surface area contributed by atoms with Crippen LogP contribution in [0.15, 0.2) is 77.4 Å².